The van der Waals surface area contributed by atoms with Gasteiger partial charge in [0.1, 0.15) is 0 Å². The van der Waals surface area contributed by atoms with Gasteiger partial charge in [-0.25, -0.2) is 0 Å². The summed E-state index contributed by atoms with van der Waals surface area (Å²) in [6, 6.07) is 4.33. The fourth-order valence-corrected chi connectivity index (χ4v) is 2.26. The van der Waals surface area contributed by atoms with Gasteiger partial charge in [-0.15, -0.1) is 0 Å². The number of benzene rings is 1. The van der Waals surface area contributed by atoms with E-state index in [-0.39, 0.29) is 0 Å². The molecule has 0 amide bonds. The lowest BCUT2D eigenvalue weighted by Gasteiger charge is -2.20. The van der Waals surface area contributed by atoms with Gasteiger partial charge in [-0.05, 0) is 42.6 Å². The standard InChI is InChI=1S/C10H12BrN/c1-7-2-3-10(11)9-6-12-5-4-8(7)9/h2-3,12H,4-6H2,1H3. The van der Waals surface area contributed by atoms with Gasteiger partial charge in [-0.3, -0.25) is 0 Å². The van der Waals surface area contributed by atoms with E-state index in [9.17, 15) is 0 Å². The second-order valence-electron chi connectivity index (χ2n) is 3.25. The van der Waals surface area contributed by atoms with Gasteiger partial charge < -0.3 is 5.32 Å². The Morgan fingerprint density at radius 2 is 2.17 bits per heavy atom. The fourth-order valence-electron chi connectivity index (χ4n) is 1.75. The molecule has 1 aliphatic heterocycles. The first-order valence-corrected chi connectivity index (χ1v) is 5.06. The number of rotatable bonds is 0. The topological polar surface area (TPSA) is 12.0 Å². The van der Waals surface area contributed by atoms with Gasteiger partial charge in [0.05, 0.1) is 0 Å². The van der Waals surface area contributed by atoms with Crippen LogP contribution in [0.2, 0.25) is 0 Å². The molecule has 0 aromatic heterocycles. The minimum Gasteiger partial charge on any atom is -0.312 e. The van der Waals surface area contributed by atoms with Crippen LogP contribution in [0.15, 0.2) is 16.6 Å². The van der Waals surface area contributed by atoms with Crippen molar-refractivity contribution in [2.24, 2.45) is 0 Å². The quantitative estimate of drug-likeness (QED) is 0.716. The lowest BCUT2D eigenvalue weighted by atomic mass is 9.96. The molecular weight excluding hydrogens is 214 g/mol. The Bertz CT molecular complexity index is 276. The van der Waals surface area contributed by atoms with E-state index < -0.39 is 0 Å². The Hall–Kier alpha value is -0.340. The predicted octanol–water partition coefficient (Wildman–Crippen LogP) is 2.40. The third kappa shape index (κ3) is 1.29. The van der Waals surface area contributed by atoms with Gasteiger partial charge >= 0.3 is 0 Å². The van der Waals surface area contributed by atoms with Crippen LogP contribution in [0.25, 0.3) is 0 Å². The highest BCUT2D eigenvalue weighted by molar-refractivity contribution is 9.10. The number of halogens is 1. The molecule has 1 nitrogen and oxygen atoms in total. The smallest absolute Gasteiger partial charge is 0.0223 e. The molecule has 0 aliphatic carbocycles. The van der Waals surface area contributed by atoms with Gasteiger partial charge in [-0.2, -0.15) is 0 Å². The highest BCUT2D eigenvalue weighted by atomic mass is 79.9. The van der Waals surface area contributed by atoms with E-state index in [1.165, 1.54) is 27.6 Å². The van der Waals surface area contributed by atoms with Crippen molar-refractivity contribution in [2.45, 2.75) is 19.9 Å². The number of fused-ring (bicyclic) bond motifs is 1. The molecule has 12 heavy (non-hydrogen) atoms. The summed E-state index contributed by atoms with van der Waals surface area (Å²) in [6.07, 6.45) is 1.17. The molecule has 2 heteroatoms. The van der Waals surface area contributed by atoms with Gasteiger partial charge in [0, 0.05) is 11.0 Å². The molecule has 0 spiro atoms. The average molecular weight is 226 g/mol. The molecule has 1 aromatic carbocycles. The van der Waals surface area contributed by atoms with Gasteiger partial charge in [0.15, 0.2) is 0 Å². The second kappa shape index (κ2) is 3.19. The molecule has 0 atom stereocenters. The molecule has 1 aromatic rings. The maximum Gasteiger partial charge on any atom is 0.0223 e. The first-order valence-electron chi connectivity index (χ1n) is 4.26. The molecule has 0 bridgehead atoms. The van der Waals surface area contributed by atoms with Crippen LogP contribution in [-0.4, -0.2) is 6.54 Å². The van der Waals surface area contributed by atoms with E-state index >= 15 is 0 Å². The third-order valence-electron chi connectivity index (χ3n) is 2.46. The van der Waals surface area contributed by atoms with Crippen molar-refractivity contribution in [2.75, 3.05) is 6.54 Å². The van der Waals surface area contributed by atoms with Crippen molar-refractivity contribution in [3.05, 3.63) is 33.3 Å². The number of nitrogens with one attached hydrogen (secondary N) is 1. The predicted molar refractivity (Wildman–Crippen MR) is 54.3 cm³/mol. The van der Waals surface area contributed by atoms with Crippen molar-refractivity contribution in [1.29, 1.82) is 0 Å². The van der Waals surface area contributed by atoms with Crippen molar-refractivity contribution in [3.8, 4) is 0 Å². The van der Waals surface area contributed by atoms with Crippen LogP contribution >= 0.6 is 15.9 Å². The zero-order valence-corrected chi connectivity index (χ0v) is 8.74. The highest BCUT2D eigenvalue weighted by Gasteiger charge is 2.12. The van der Waals surface area contributed by atoms with Crippen molar-refractivity contribution in [1.82, 2.24) is 5.32 Å². The lowest BCUT2D eigenvalue weighted by molar-refractivity contribution is 0.639. The Balaban J connectivity index is 2.57. The minimum absolute atomic E-state index is 1.01. The SMILES string of the molecule is Cc1ccc(Br)c2c1CCNC2. The number of hydrogen-bond donors (Lipinski definition) is 1. The molecule has 2 rings (SSSR count). The number of hydrogen-bond acceptors (Lipinski definition) is 1. The van der Waals surface area contributed by atoms with Crippen LogP contribution in [0.3, 0.4) is 0 Å². The summed E-state index contributed by atoms with van der Waals surface area (Å²) in [5.41, 5.74) is 4.40. The highest BCUT2D eigenvalue weighted by Crippen LogP contribution is 2.25. The normalized spacial score (nSPS) is 15.8. The molecule has 0 fully saturated rings. The summed E-state index contributed by atoms with van der Waals surface area (Å²) < 4.78 is 1.25. The zero-order chi connectivity index (χ0) is 8.55. The molecule has 0 saturated heterocycles. The monoisotopic (exact) mass is 225 g/mol. The maximum atomic E-state index is 3.58. The van der Waals surface area contributed by atoms with E-state index in [2.05, 4.69) is 40.3 Å². The van der Waals surface area contributed by atoms with Gasteiger partial charge in [0.25, 0.3) is 0 Å². The van der Waals surface area contributed by atoms with Crippen LogP contribution in [-0.2, 0) is 13.0 Å². The summed E-state index contributed by atoms with van der Waals surface area (Å²) >= 11 is 3.58. The summed E-state index contributed by atoms with van der Waals surface area (Å²) in [6.45, 7) is 4.32. The van der Waals surface area contributed by atoms with Crippen molar-refractivity contribution in [3.63, 3.8) is 0 Å². The van der Waals surface area contributed by atoms with E-state index in [4.69, 9.17) is 0 Å². The molecule has 1 aliphatic rings. The van der Waals surface area contributed by atoms with Crippen molar-refractivity contribution < 1.29 is 0 Å². The summed E-state index contributed by atoms with van der Waals surface area (Å²) in [5, 5.41) is 3.38. The van der Waals surface area contributed by atoms with E-state index in [1.807, 2.05) is 0 Å². The maximum absolute atomic E-state index is 3.58. The van der Waals surface area contributed by atoms with Crippen LogP contribution in [0.5, 0.6) is 0 Å². The molecule has 0 radical (unpaired) electrons. The number of aryl methyl sites for hydroxylation is 1. The van der Waals surface area contributed by atoms with Crippen LogP contribution < -0.4 is 5.32 Å². The van der Waals surface area contributed by atoms with Gasteiger partial charge in [0.2, 0.25) is 0 Å². The van der Waals surface area contributed by atoms with E-state index in [0.717, 1.165) is 13.1 Å². The molecule has 1 N–H and O–H groups in total. The van der Waals surface area contributed by atoms with Crippen LogP contribution in [0, 0.1) is 6.92 Å². The first kappa shape index (κ1) is 8.27. The summed E-state index contributed by atoms with van der Waals surface area (Å²) in [5.74, 6) is 0. The summed E-state index contributed by atoms with van der Waals surface area (Å²) in [7, 11) is 0. The van der Waals surface area contributed by atoms with Crippen molar-refractivity contribution >= 4 is 15.9 Å². The molecule has 1 heterocycles. The largest absolute Gasteiger partial charge is 0.312 e. The lowest BCUT2D eigenvalue weighted by Crippen LogP contribution is -2.24. The average Bonchev–Trinajstić information content (AvgIpc) is 2.12. The molecule has 0 unspecified atom stereocenters. The summed E-state index contributed by atoms with van der Waals surface area (Å²) in [4.78, 5) is 0. The zero-order valence-electron chi connectivity index (χ0n) is 7.15. The first-order chi connectivity index (χ1) is 5.79. The Morgan fingerprint density at radius 1 is 1.33 bits per heavy atom. The van der Waals surface area contributed by atoms with Gasteiger partial charge in [-0.1, -0.05) is 22.0 Å². The van der Waals surface area contributed by atoms with E-state index in [1.54, 1.807) is 0 Å². The third-order valence-corrected chi connectivity index (χ3v) is 3.20. The second-order valence-corrected chi connectivity index (χ2v) is 4.10. The fraction of sp³-hybridized carbons (Fsp3) is 0.400. The molecular formula is C10H12BrN. The Morgan fingerprint density at radius 3 is 2.92 bits per heavy atom. The van der Waals surface area contributed by atoms with Crippen LogP contribution in [0.1, 0.15) is 16.7 Å². The van der Waals surface area contributed by atoms with Crippen LogP contribution in [0.4, 0.5) is 0 Å². The minimum atomic E-state index is 1.01. The van der Waals surface area contributed by atoms with E-state index in [0.29, 0.717) is 0 Å². The molecule has 64 valence electrons. The molecule has 0 saturated carbocycles. The Kier molecular flexibility index (Phi) is 2.20. The Labute approximate surface area is 81.3 Å².